The topological polar surface area (TPSA) is 55.8 Å². The van der Waals surface area contributed by atoms with E-state index < -0.39 is 11.9 Å². The Kier molecular flexibility index (Phi) is 3.15. The maximum atomic E-state index is 12.8. The molecule has 3 aliphatic carbocycles. The van der Waals surface area contributed by atoms with Crippen molar-refractivity contribution in [2.75, 3.05) is 13.2 Å². The summed E-state index contributed by atoms with van der Waals surface area (Å²) < 4.78 is 12.7. The summed E-state index contributed by atoms with van der Waals surface area (Å²) in [7, 11) is 0. The molecule has 25 heavy (non-hydrogen) atoms. The second-order valence-electron chi connectivity index (χ2n) is 9.26. The van der Waals surface area contributed by atoms with Crippen LogP contribution in [0.5, 0.6) is 0 Å². The molecule has 0 aromatic heterocycles. The van der Waals surface area contributed by atoms with Gasteiger partial charge >= 0.3 is 0 Å². The highest BCUT2D eigenvalue weighted by atomic mass is 16.7. The number of hydrogen-bond acceptors (Lipinski definition) is 4. The molecule has 3 saturated carbocycles. The molecule has 1 aliphatic heterocycles. The van der Waals surface area contributed by atoms with Gasteiger partial charge in [0.05, 0.1) is 19.3 Å². The van der Waals surface area contributed by atoms with E-state index in [0.29, 0.717) is 38.3 Å². The molecule has 134 valence electrons. The summed E-state index contributed by atoms with van der Waals surface area (Å²) in [5.74, 6) is -0.524. The van der Waals surface area contributed by atoms with Crippen molar-refractivity contribution in [3.05, 3.63) is 35.9 Å². The minimum absolute atomic E-state index is 0.0123. The minimum Gasteiger partial charge on any atom is -0.393 e. The Morgan fingerprint density at radius 1 is 1.12 bits per heavy atom. The number of aliphatic hydroxyl groups excluding tert-OH is 1. The van der Waals surface area contributed by atoms with Gasteiger partial charge in [-0.15, -0.1) is 0 Å². The Labute approximate surface area is 148 Å². The van der Waals surface area contributed by atoms with Crippen LogP contribution < -0.4 is 0 Å². The number of carbonyl (C=O) groups is 1. The Balaban J connectivity index is 1.65. The summed E-state index contributed by atoms with van der Waals surface area (Å²) in [5.41, 5.74) is 0.826. The van der Waals surface area contributed by atoms with E-state index >= 15 is 0 Å². The van der Waals surface area contributed by atoms with Crippen LogP contribution in [0.15, 0.2) is 30.3 Å². The minimum atomic E-state index is -0.745. The Morgan fingerprint density at radius 3 is 2.48 bits per heavy atom. The third-order valence-electron chi connectivity index (χ3n) is 7.16. The van der Waals surface area contributed by atoms with Crippen LogP contribution in [0.2, 0.25) is 0 Å². The summed E-state index contributed by atoms with van der Waals surface area (Å²) in [6, 6.07) is 10.3. The standard InChI is InChI=1S/C21H26O4/c1-19(2)11-24-20(25-12-19)10-14-8-16(22)15-9-17(23)18(20)21(14,15)13-6-4-3-5-7-13/h3-7,14-15,17-18,23H,8-12H2,1-2H3/t14-,15-,17?,18+,21+/m0/s1. The van der Waals surface area contributed by atoms with E-state index in [1.54, 1.807) is 0 Å². The third-order valence-corrected chi connectivity index (χ3v) is 7.16. The summed E-state index contributed by atoms with van der Waals surface area (Å²) in [4.78, 5) is 12.8. The molecular formula is C21H26O4. The van der Waals surface area contributed by atoms with E-state index in [-0.39, 0.29) is 28.6 Å². The number of carbonyl (C=O) groups excluding carboxylic acids is 1. The number of ketones is 1. The number of aliphatic hydroxyl groups is 1. The SMILES string of the molecule is CC1(C)COC2(C[C@@H]3CC(=O)[C@@H]4CC(O)[C@H]2[C@]34c2ccccc2)OC1. The quantitative estimate of drug-likeness (QED) is 0.852. The molecule has 1 aromatic carbocycles. The van der Waals surface area contributed by atoms with Gasteiger partial charge < -0.3 is 14.6 Å². The van der Waals surface area contributed by atoms with Gasteiger partial charge in [-0.05, 0) is 17.9 Å². The van der Waals surface area contributed by atoms with Crippen molar-refractivity contribution >= 4 is 5.78 Å². The first kappa shape index (κ1) is 16.0. The summed E-state index contributed by atoms with van der Waals surface area (Å²) >= 11 is 0. The number of rotatable bonds is 1. The van der Waals surface area contributed by atoms with Crippen LogP contribution in [0.3, 0.4) is 0 Å². The molecule has 1 unspecified atom stereocenters. The first-order valence-corrected chi connectivity index (χ1v) is 9.43. The molecule has 1 N–H and O–H groups in total. The maximum Gasteiger partial charge on any atom is 0.174 e. The average molecular weight is 342 g/mol. The van der Waals surface area contributed by atoms with Crippen molar-refractivity contribution in [3.8, 4) is 0 Å². The van der Waals surface area contributed by atoms with E-state index in [4.69, 9.17) is 9.47 Å². The highest BCUT2D eigenvalue weighted by Crippen LogP contribution is 2.70. The predicted octanol–water partition coefficient (Wildman–Crippen LogP) is 2.68. The lowest BCUT2D eigenvalue weighted by Crippen LogP contribution is -2.54. The van der Waals surface area contributed by atoms with Crippen molar-refractivity contribution in [1.29, 1.82) is 0 Å². The van der Waals surface area contributed by atoms with Gasteiger partial charge in [-0.25, -0.2) is 0 Å². The highest BCUT2D eigenvalue weighted by molar-refractivity contribution is 5.87. The van der Waals surface area contributed by atoms with Crippen LogP contribution in [0.4, 0.5) is 0 Å². The van der Waals surface area contributed by atoms with Crippen molar-refractivity contribution < 1.29 is 19.4 Å². The van der Waals surface area contributed by atoms with Gasteiger partial charge in [0, 0.05) is 35.5 Å². The van der Waals surface area contributed by atoms with Crippen LogP contribution >= 0.6 is 0 Å². The zero-order valence-electron chi connectivity index (χ0n) is 14.9. The zero-order valence-corrected chi connectivity index (χ0v) is 14.9. The van der Waals surface area contributed by atoms with Crippen molar-refractivity contribution in [3.63, 3.8) is 0 Å². The normalized spacial score (nSPS) is 43.6. The first-order valence-electron chi connectivity index (χ1n) is 9.43. The van der Waals surface area contributed by atoms with Gasteiger partial charge in [0.25, 0.3) is 0 Å². The molecule has 0 radical (unpaired) electrons. The molecule has 1 aromatic rings. The fourth-order valence-electron chi connectivity index (χ4n) is 6.33. The number of ether oxygens (including phenoxy) is 2. The molecule has 4 aliphatic rings. The Bertz CT molecular complexity index is 702. The van der Waals surface area contributed by atoms with Crippen molar-refractivity contribution in [2.24, 2.45) is 23.2 Å². The van der Waals surface area contributed by atoms with E-state index in [0.717, 1.165) is 0 Å². The van der Waals surface area contributed by atoms with Crippen molar-refractivity contribution in [2.45, 2.75) is 50.4 Å². The molecule has 1 heterocycles. The van der Waals surface area contributed by atoms with Crippen LogP contribution in [0.25, 0.3) is 0 Å². The van der Waals surface area contributed by atoms with Gasteiger partial charge in [0.2, 0.25) is 0 Å². The second kappa shape index (κ2) is 4.93. The van der Waals surface area contributed by atoms with Crippen LogP contribution in [-0.4, -0.2) is 36.0 Å². The lowest BCUT2D eigenvalue weighted by atomic mass is 9.67. The molecule has 1 spiro atoms. The summed E-state index contributed by atoms with van der Waals surface area (Å²) in [6.45, 7) is 5.54. The smallest absolute Gasteiger partial charge is 0.174 e. The molecule has 4 nitrogen and oxygen atoms in total. The Morgan fingerprint density at radius 2 is 1.80 bits per heavy atom. The van der Waals surface area contributed by atoms with E-state index in [2.05, 4.69) is 26.0 Å². The average Bonchev–Trinajstić information content (AvgIpc) is 3.15. The number of benzene rings is 1. The first-order chi connectivity index (χ1) is 11.9. The summed E-state index contributed by atoms with van der Waals surface area (Å²) in [6.07, 6.45) is 1.27. The zero-order chi connectivity index (χ0) is 17.4. The molecular weight excluding hydrogens is 316 g/mol. The van der Waals surface area contributed by atoms with Gasteiger partial charge in [-0.3, -0.25) is 4.79 Å². The third kappa shape index (κ3) is 1.91. The fraction of sp³-hybridized carbons (Fsp3) is 0.667. The van der Waals surface area contributed by atoms with E-state index in [1.807, 2.05) is 18.2 Å². The number of fused-ring (bicyclic) bond motifs is 1. The number of Topliss-reactive ketones (excluding diaryl/α,β-unsaturated/α-hetero) is 1. The number of hydrogen-bond donors (Lipinski definition) is 1. The molecule has 0 bridgehead atoms. The second-order valence-corrected chi connectivity index (χ2v) is 9.26. The van der Waals surface area contributed by atoms with Gasteiger partial charge in [-0.1, -0.05) is 44.2 Å². The Hall–Kier alpha value is -1.23. The van der Waals surface area contributed by atoms with Crippen LogP contribution in [0.1, 0.15) is 38.7 Å². The molecule has 5 rings (SSSR count). The lowest BCUT2D eigenvalue weighted by Gasteiger charge is -2.47. The van der Waals surface area contributed by atoms with Gasteiger partial charge in [0.1, 0.15) is 5.78 Å². The monoisotopic (exact) mass is 342 g/mol. The van der Waals surface area contributed by atoms with Crippen molar-refractivity contribution in [1.82, 2.24) is 0 Å². The van der Waals surface area contributed by atoms with E-state index in [1.165, 1.54) is 5.56 Å². The lowest BCUT2D eigenvalue weighted by molar-refractivity contribution is -0.324. The molecule has 0 amide bonds. The van der Waals surface area contributed by atoms with E-state index in [9.17, 15) is 9.90 Å². The van der Waals surface area contributed by atoms with Crippen LogP contribution in [0, 0.1) is 23.2 Å². The molecule has 5 atom stereocenters. The van der Waals surface area contributed by atoms with Gasteiger partial charge in [-0.2, -0.15) is 0 Å². The molecule has 4 fully saturated rings. The largest absolute Gasteiger partial charge is 0.393 e. The maximum absolute atomic E-state index is 12.8. The molecule has 4 heteroatoms. The summed E-state index contributed by atoms with van der Waals surface area (Å²) in [5, 5.41) is 11.0. The predicted molar refractivity (Wildman–Crippen MR) is 91.9 cm³/mol. The van der Waals surface area contributed by atoms with Crippen LogP contribution in [-0.2, 0) is 19.7 Å². The fourth-order valence-corrected chi connectivity index (χ4v) is 6.33. The molecule has 1 saturated heterocycles. The van der Waals surface area contributed by atoms with Gasteiger partial charge in [0.15, 0.2) is 5.79 Å². The highest BCUT2D eigenvalue weighted by Gasteiger charge is 2.76.